The van der Waals surface area contributed by atoms with Gasteiger partial charge >= 0.3 is 5.97 Å². The number of hydrogen-bond acceptors (Lipinski definition) is 4. The van der Waals surface area contributed by atoms with Crippen molar-refractivity contribution in [1.29, 1.82) is 0 Å². The molecular formula is C17H10N2O3S. The highest BCUT2D eigenvalue weighted by atomic mass is 32.1. The third-order valence-corrected chi connectivity index (χ3v) is 4.65. The van der Waals surface area contributed by atoms with Crippen molar-refractivity contribution in [2.75, 3.05) is 0 Å². The van der Waals surface area contributed by atoms with Crippen molar-refractivity contribution in [2.45, 2.75) is 0 Å². The largest absolute Gasteiger partial charge is 0.478 e. The monoisotopic (exact) mass is 322 g/mol. The smallest absolute Gasteiger partial charge is 0.337 e. The first-order valence-electron chi connectivity index (χ1n) is 6.88. The molecule has 1 N–H and O–H groups in total. The van der Waals surface area contributed by atoms with E-state index in [1.807, 2.05) is 17.5 Å². The van der Waals surface area contributed by atoms with Crippen molar-refractivity contribution < 1.29 is 9.90 Å². The Morgan fingerprint density at radius 3 is 2.70 bits per heavy atom. The summed E-state index contributed by atoms with van der Waals surface area (Å²) in [5.74, 6) is -1.08. The summed E-state index contributed by atoms with van der Waals surface area (Å²) in [6.07, 6.45) is 1.58. The topological polar surface area (TPSA) is 71.7 Å². The number of aromatic carboxylic acids is 1. The van der Waals surface area contributed by atoms with Crippen LogP contribution in [0.5, 0.6) is 0 Å². The highest BCUT2D eigenvalue weighted by Gasteiger charge is 2.19. The summed E-state index contributed by atoms with van der Waals surface area (Å²) in [7, 11) is 0. The minimum atomic E-state index is -1.08. The third kappa shape index (κ3) is 2.03. The Morgan fingerprint density at radius 1 is 1.17 bits per heavy atom. The molecule has 3 heterocycles. The van der Waals surface area contributed by atoms with E-state index >= 15 is 0 Å². The Bertz CT molecular complexity index is 1110. The number of carboxylic acid groups (broad SMARTS) is 1. The molecule has 0 amide bonds. The van der Waals surface area contributed by atoms with Gasteiger partial charge in [-0.15, -0.1) is 11.3 Å². The highest BCUT2D eigenvalue weighted by Crippen LogP contribution is 2.28. The number of aromatic nitrogens is 2. The Balaban J connectivity index is 2.21. The Morgan fingerprint density at radius 2 is 1.96 bits per heavy atom. The van der Waals surface area contributed by atoms with Gasteiger partial charge in [0.05, 0.1) is 16.5 Å². The normalized spacial score (nSPS) is 11.1. The molecular weight excluding hydrogens is 312 g/mol. The van der Waals surface area contributed by atoms with Crippen LogP contribution < -0.4 is 5.56 Å². The van der Waals surface area contributed by atoms with Crippen LogP contribution in [-0.2, 0) is 0 Å². The molecule has 0 spiro atoms. The zero-order chi connectivity index (χ0) is 16.0. The van der Waals surface area contributed by atoms with Gasteiger partial charge in [-0.1, -0.05) is 30.3 Å². The average molecular weight is 322 g/mol. The van der Waals surface area contributed by atoms with E-state index in [0.29, 0.717) is 16.6 Å². The molecule has 0 radical (unpaired) electrons. The zero-order valence-electron chi connectivity index (χ0n) is 11.8. The van der Waals surface area contributed by atoms with E-state index in [0.717, 1.165) is 10.1 Å². The quantitative estimate of drug-likeness (QED) is 0.615. The number of benzene rings is 1. The molecule has 0 fully saturated rings. The SMILES string of the molecule is O=C(O)c1cc(-c2ccccc2)c(=O)n2ncc3ccsc3c12. The molecule has 3 aromatic heterocycles. The molecule has 0 aliphatic rings. The van der Waals surface area contributed by atoms with Crippen molar-refractivity contribution in [3.8, 4) is 11.1 Å². The zero-order valence-corrected chi connectivity index (χ0v) is 12.6. The lowest BCUT2D eigenvalue weighted by atomic mass is 10.0. The molecule has 112 valence electrons. The van der Waals surface area contributed by atoms with Crippen molar-refractivity contribution in [2.24, 2.45) is 0 Å². The molecule has 0 saturated heterocycles. The lowest BCUT2D eigenvalue weighted by molar-refractivity contribution is 0.0698. The van der Waals surface area contributed by atoms with Gasteiger partial charge in [-0.25, -0.2) is 4.79 Å². The van der Waals surface area contributed by atoms with E-state index in [1.54, 1.807) is 30.5 Å². The predicted octanol–water partition coefficient (Wildman–Crippen LogP) is 3.27. The lowest BCUT2D eigenvalue weighted by Crippen LogP contribution is -2.21. The molecule has 4 rings (SSSR count). The summed E-state index contributed by atoms with van der Waals surface area (Å²) >= 11 is 1.40. The number of rotatable bonds is 2. The first-order chi connectivity index (χ1) is 11.2. The predicted molar refractivity (Wildman–Crippen MR) is 89.2 cm³/mol. The van der Waals surface area contributed by atoms with Crippen LogP contribution in [0.2, 0.25) is 0 Å². The van der Waals surface area contributed by atoms with E-state index < -0.39 is 5.97 Å². The first kappa shape index (κ1) is 13.7. The number of thiophene rings is 1. The number of hydrogen-bond donors (Lipinski definition) is 1. The number of pyridine rings is 1. The van der Waals surface area contributed by atoms with Gasteiger partial charge in [0.25, 0.3) is 5.56 Å². The lowest BCUT2D eigenvalue weighted by Gasteiger charge is -2.08. The van der Waals surface area contributed by atoms with Gasteiger partial charge < -0.3 is 5.11 Å². The Hall–Kier alpha value is -2.99. The van der Waals surface area contributed by atoms with Crippen LogP contribution in [0, 0.1) is 0 Å². The fourth-order valence-corrected chi connectivity index (χ4v) is 3.57. The molecule has 4 aromatic rings. The van der Waals surface area contributed by atoms with Crippen molar-refractivity contribution in [3.05, 3.63) is 70.0 Å². The second kappa shape index (κ2) is 5.03. The maximum atomic E-state index is 12.8. The van der Waals surface area contributed by atoms with Gasteiger partial charge in [-0.3, -0.25) is 4.79 Å². The van der Waals surface area contributed by atoms with Gasteiger partial charge in [-0.05, 0) is 23.1 Å². The van der Waals surface area contributed by atoms with Crippen LogP contribution in [0.15, 0.2) is 58.8 Å². The van der Waals surface area contributed by atoms with Gasteiger partial charge in [0.1, 0.15) is 5.52 Å². The maximum Gasteiger partial charge on any atom is 0.337 e. The van der Waals surface area contributed by atoms with Crippen LogP contribution in [0.25, 0.3) is 26.7 Å². The van der Waals surface area contributed by atoms with Crippen LogP contribution in [0.3, 0.4) is 0 Å². The fraction of sp³-hybridized carbons (Fsp3) is 0. The average Bonchev–Trinajstić information content (AvgIpc) is 3.04. The third-order valence-electron chi connectivity index (χ3n) is 3.72. The van der Waals surface area contributed by atoms with Crippen LogP contribution in [0.4, 0.5) is 0 Å². The van der Waals surface area contributed by atoms with Crippen LogP contribution in [0.1, 0.15) is 10.4 Å². The van der Waals surface area contributed by atoms with Gasteiger partial charge in [0, 0.05) is 10.9 Å². The number of nitrogens with zero attached hydrogens (tertiary/aromatic N) is 2. The van der Waals surface area contributed by atoms with Gasteiger partial charge in [-0.2, -0.15) is 9.61 Å². The highest BCUT2D eigenvalue weighted by molar-refractivity contribution is 7.18. The first-order valence-corrected chi connectivity index (χ1v) is 7.76. The number of fused-ring (bicyclic) bond motifs is 3. The Kier molecular flexibility index (Phi) is 2.99. The second-order valence-corrected chi connectivity index (χ2v) is 5.97. The van der Waals surface area contributed by atoms with E-state index in [1.165, 1.54) is 21.9 Å². The second-order valence-electron chi connectivity index (χ2n) is 5.06. The van der Waals surface area contributed by atoms with E-state index in [4.69, 9.17) is 0 Å². The van der Waals surface area contributed by atoms with Gasteiger partial charge in [0.2, 0.25) is 0 Å². The summed E-state index contributed by atoms with van der Waals surface area (Å²) in [5.41, 5.74) is 1.08. The summed E-state index contributed by atoms with van der Waals surface area (Å²) in [4.78, 5) is 24.5. The molecule has 0 saturated carbocycles. The molecule has 23 heavy (non-hydrogen) atoms. The Labute approximate surface area is 134 Å². The summed E-state index contributed by atoms with van der Waals surface area (Å²) in [6, 6.07) is 12.3. The molecule has 0 unspecified atom stereocenters. The van der Waals surface area contributed by atoms with Gasteiger partial charge in [0.15, 0.2) is 0 Å². The van der Waals surface area contributed by atoms with Crippen molar-refractivity contribution >= 4 is 32.9 Å². The minimum absolute atomic E-state index is 0.0732. The summed E-state index contributed by atoms with van der Waals surface area (Å²) < 4.78 is 1.93. The number of carbonyl (C=O) groups is 1. The van der Waals surface area contributed by atoms with E-state index in [9.17, 15) is 14.7 Å². The minimum Gasteiger partial charge on any atom is -0.478 e. The summed E-state index contributed by atoms with van der Waals surface area (Å²) in [5, 5.41) is 16.4. The number of carboxylic acids is 1. The van der Waals surface area contributed by atoms with Crippen molar-refractivity contribution in [3.63, 3.8) is 0 Å². The fourth-order valence-electron chi connectivity index (χ4n) is 2.65. The van der Waals surface area contributed by atoms with Crippen molar-refractivity contribution in [1.82, 2.24) is 9.61 Å². The maximum absolute atomic E-state index is 12.8. The van der Waals surface area contributed by atoms with E-state index in [2.05, 4.69) is 5.10 Å². The molecule has 0 atom stereocenters. The van der Waals surface area contributed by atoms with E-state index in [-0.39, 0.29) is 11.1 Å². The standard InChI is InChI=1S/C17H10N2O3S/c20-16-12(10-4-2-1-3-5-10)8-13(17(21)22)14-15-11(6-7-23-15)9-18-19(14)16/h1-9H,(H,21,22). The summed E-state index contributed by atoms with van der Waals surface area (Å²) in [6.45, 7) is 0. The molecule has 0 bridgehead atoms. The molecule has 5 nitrogen and oxygen atoms in total. The van der Waals surface area contributed by atoms with Crippen LogP contribution >= 0.6 is 11.3 Å². The molecule has 0 aliphatic carbocycles. The molecule has 0 aliphatic heterocycles. The van der Waals surface area contributed by atoms with Crippen LogP contribution in [-0.4, -0.2) is 20.7 Å². The molecule has 6 heteroatoms. The molecule has 1 aromatic carbocycles.